The normalized spacial score (nSPS) is 17.6. The van der Waals surface area contributed by atoms with Crippen molar-refractivity contribution in [2.75, 3.05) is 20.2 Å². The molecule has 1 aromatic carbocycles. The lowest BCUT2D eigenvalue weighted by atomic mass is 9.86. The van der Waals surface area contributed by atoms with Crippen molar-refractivity contribution in [2.45, 2.75) is 66.1 Å². The summed E-state index contributed by atoms with van der Waals surface area (Å²) in [6.07, 6.45) is 3.38. The van der Waals surface area contributed by atoms with Gasteiger partial charge < -0.3 is 14.6 Å². The van der Waals surface area contributed by atoms with Crippen LogP contribution in [0.2, 0.25) is 0 Å². The van der Waals surface area contributed by atoms with Crippen molar-refractivity contribution in [1.82, 2.24) is 19.8 Å². The predicted octanol–water partition coefficient (Wildman–Crippen LogP) is 3.93. The molecule has 0 saturated heterocycles. The van der Waals surface area contributed by atoms with Crippen molar-refractivity contribution in [1.29, 1.82) is 0 Å². The van der Waals surface area contributed by atoms with Gasteiger partial charge in [0.15, 0.2) is 5.69 Å². The molecule has 1 saturated carbocycles. The fourth-order valence-corrected chi connectivity index (χ4v) is 4.59. The van der Waals surface area contributed by atoms with Crippen LogP contribution in [0.4, 0.5) is 4.39 Å². The second-order valence-corrected chi connectivity index (χ2v) is 10.7. The zero-order valence-corrected chi connectivity index (χ0v) is 20.8. The van der Waals surface area contributed by atoms with Gasteiger partial charge in [-0.1, -0.05) is 26.8 Å². The number of hydrogen-bond donors (Lipinski definition) is 1. The summed E-state index contributed by atoms with van der Waals surface area (Å²) in [5.74, 6) is -0.143. The van der Waals surface area contributed by atoms with Crippen LogP contribution in [0, 0.1) is 24.1 Å². The van der Waals surface area contributed by atoms with Crippen LogP contribution in [-0.2, 0) is 22.6 Å². The van der Waals surface area contributed by atoms with E-state index in [0.29, 0.717) is 30.4 Å². The Kier molecular flexibility index (Phi) is 6.80. The summed E-state index contributed by atoms with van der Waals surface area (Å²) in [4.78, 5) is 33.0. The lowest BCUT2D eigenvalue weighted by Crippen LogP contribution is -2.50. The van der Waals surface area contributed by atoms with Gasteiger partial charge in [0.05, 0.1) is 18.4 Å². The molecule has 1 aliphatic carbocycles. The fraction of sp³-hybridized carbons (Fsp3) is 0.577. The predicted molar refractivity (Wildman–Crippen MR) is 128 cm³/mol. The van der Waals surface area contributed by atoms with E-state index in [0.717, 1.165) is 30.8 Å². The summed E-state index contributed by atoms with van der Waals surface area (Å²) >= 11 is 0. The Morgan fingerprint density at radius 1 is 1.26 bits per heavy atom. The summed E-state index contributed by atoms with van der Waals surface area (Å²) < 4.78 is 21.9. The summed E-state index contributed by atoms with van der Waals surface area (Å²) in [6.45, 7) is 10.6. The molecule has 34 heavy (non-hydrogen) atoms. The fourth-order valence-electron chi connectivity index (χ4n) is 4.59. The molecule has 0 spiro atoms. The highest BCUT2D eigenvalue weighted by Crippen LogP contribution is 2.33. The van der Waals surface area contributed by atoms with Gasteiger partial charge in [0.25, 0.3) is 5.91 Å². The number of hydrogen-bond acceptors (Lipinski definition) is 5. The number of fused-ring (bicyclic) bond motifs is 1. The molecule has 0 bridgehead atoms. The number of imidazole rings is 1. The Morgan fingerprint density at radius 2 is 2.00 bits per heavy atom. The Balaban J connectivity index is 1.75. The minimum atomic E-state index is -0.838. The first-order valence-corrected chi connectivity index (χ1v) is 12.1. The molecule has 1 aromatic heterocycles. The lowest BCUT2D eigenvalue weighted by molar-refractivity contribution is -0.145. The number of halogens is 1. The number of aryl methyl sites for hydroxylation is 1. The summed E-state index contributed by atoms with van der Waals surface area (Å²) in [7, 11) is 1.31. The molecule has 4 rings (SSSR count). The average Bonchev–Trinajstić information content (AvgIpc) is 3.55. The molecule has 1 aliphatic heterocycles. The summed E-state index contributed by atoms with van der Waals surface area (Å²) in [5.41, 5.74) is 1.66. The van der Waals surface area contributed by atoms with E-state index >= 15 is 0 Å². The van der Waals surface area contributed by atoms with E-state index in [1.807, 2.05) is 38.3 Å². The highest BCUT2D eigenvalue weighted by molar-refractivity contribution is 5.97. The van der Waals surface area contributed by atoms with Crippen molar-refractivity contribution in [2.24, 2.45) is 11.3 Å². The number of benzene rings is 1. The third-order valence-corrected chi connectivity index (χ3v) is 6.67. The van der Waals surface area contributed by atoms with Crippen LogP contribution in [0.15, 0.2) is 18.2 Å². The first-order chi connectivity index (χ1) is 16.1. The molecule has 1 fully saturated rings. The molecule has 1 unspecified atom stereocenters. The van der Waals surface area contributed by atoms with Gasteiger partial charge in [-0.15, -0.1) is 0 Å². The second-order valence-electron chi connectivity index (χ2n) is 10.7. The molecule has 2 aromatic rings. The van der Waals surface area contributed by atoms with Crippen molar-refractivity contribution < 1.29 is 18.7 Å². The maximum atomic E-state index is 15.0. The standard InChI is InChI=1S/C26H35FN4O3/c1-16-7-10-18(19(27)13-16)23-28-21(24(32)29-22(25(33)34-5)26(2,3)4)20-15-30(14-17-8-9-17)11-6-12-31(20)23/h7,10,13,17,22H,6,8-9,11-12,14-15H2,1-5H3,(H,29,32). The van der Waals surface area contributed by atoms with Crippen LogP contribution in [0.25, 0.3) is 11.4 Å². The number of ether oxygens (including phenoxy) is 1. The average molecular weight is 471 g/mol. The SMILES string of the molecule is COC(=O)C(NC(=O)c1nc(-c2ccc(C)cc2F)n2c1CN(CC1CC1)CCC2)C(C)(C)C. The van der Waals surface area contributed by atoms with E-state index in [1.54, 1.807) is 6.07 Å². The minimum Gasteiger partial charge on any atom is -0.467 e. The quantitative estimate of drug-likeness (QED) is 0.648. The molecular formula is C26H35FN4O3. The molecule has 8 heteroatoms. The maximum absolute atomic E-state index is 15.0. The maximum Gasteiger partial charge on any atom is 0.328 e. The smallest absolute Gasteiger partial charge is 0.328 e. The number of rotatable bonds is 6. The third-order valence-electron chi connectivity index (χ3n) is 6.67. The molecular weight excluding hydrogens is 435 g/mol. The van der Waals surface area contributed by atoms with E-state index in [4.69, 9.17) is 4.74 Å². The van der Waals surface area contributed by atoms with Crippen molar-refractivity contribution in [3.8, 4) is 11.4 Å². The van der Waals surface area contributed by atoms with Gasteiger partial charge in [-0.25, -0.2) is 14.2 Å². The number of carbonyl (C=O) groups excluding carboxylic acids is 2. The topological polar surface area (TPSA) is 76.5 Å². The highest BCUT2D eigenvalue weighted by Gasteiger charge is 2.36. The molecule has 1 N–H and O–H groups in total. The van der Waals surface area contributed by atoms with Crippen molar-refractivity contribution >= 4 is 11.9 Å². The number of nitrogens with one attached hydrogen (secondary N) is 1. The van der Waals surface area contributed by atoms with Crippen LogP contribution >= 0.6 is 0 Å². The zero-order chi connectivity index (χ0) is 24.6. The van der Waals surface area contributed by atoms with Crippen molar-refractivity contribution in [3.63, 3.8) is 0 Å². The van der Waals surface area contributed by atoms with E-state index < -0.39 is 23.3 Å². The zero-order valence-electron chi connectivity index (χ0n) is 20.8. The largest absolute Gasteiger partial charge is 0.467 e. The number of nitrogens with zero attached hydrogens (tertiary/aromatic N) is 3. The number of aromatic nitrogens is 2. The van der Waals surface area contributed by atoms with Crippen LogP contribution in [0.5, 0.6) is 0 Å². The summed E-state index contributed by atoms with van der Waals surface area (Å²) in [6, 6.07) is 4.22. The molecule has 184 valence electrons. The van der Waals surface area contributed by atoms with Gasteiger partial charge in [0.1, 0.15) is 17.7 Å². The number of methoxy groups -OCH3 is 1. The molecule has 7 nitrogen and oxygen atoms in total. The second kappa shape index (κ2) is 9.49. The highest BCUT2D eigenvalue weighted by atomic mass is 19.1. The number of amides is 1. The van der Waals surface area contributed by atoms with E-state index in [9.17, 15) is 14.0 Å². The minimum absolute atomic E-state index is 0.246. The van der Waals surface area contributed by atoms with Crippen LogP contribution < -0.4 is 5.32 Å². The third kappa shape index (κ3) is 5.17. The van der Waals surface area contributed by atoms with Gasteiger partial charge in [0.2, 0.25) is 0 Å². The van der Waals surface area contributed by atoms with Crippen LogP contribution in [-0.4, -0.2) is 52.6 Å². The Labute approximate surface area is 200 Å². The van der Waals surface area contributed by atoms with Crippen molar-refractivity contribution in [3.05, 3.63) is 41.0 Å². The Morgan fingerprint density at radius 3 is 2.62 bits per heavy atom. The van der Waals surface area contributed by atoms with E-state index in [1.165, 1.54) is 26.0 Å². The van der Waals surface area contributed by atoms with E-state index in [2.05, 4.69) is 15.2 Å². The first kappa shape index (κ1) is 24.4. The molecule has 0 radical (unpaired) electrons. The van der Waals surface area contributed by atoms with Gasteiger partial charge in [0, 0.05) is 26.2 Å². The summed E-state index contributed by atoms with van der Waals surface area (Å²) in [5, 5.41) is 2.85. The molecule has 1 amide bonds. The number of carbonyl (C=O) groups is 2. The monoisotopic (exact) mass is 470 g/mol. The first-order valence-electron chi connectivity index (χ1n) is 12.1. The van der Waals surface area contributed by atoms with Crippen LogP contribution in [0.3, 0.4) is 0 Å². The van der Waals surface area contributed by atoms with Gasteiger partial charge in [-0.3, -0.25) is 9.69 Å². The van der Waals surface area contributed by atoms with Gasteiger partial charge in [-0.05, 0) is 55.2 Å². The van der Waals surface area contributed by atoms with Gasteiger partial charge >= 0.3 is 5.97 Å². The number of esters is 1. The lowest BCUT2D eigenvalue weighted by Gasteiger charge is -2.29. The molecule has 2 heterocycles. The van der Waals surface area contributed by atoms with E-state index in [-0.39, 0.29) is 11.5 Å². The molecule has 1 atom stereocenters. The Bertz CT molecular complexity index is 1080. The van der Waals surface area contributed by atoms with Gasteiger partial charge in [-0.2, -0.15) is 0 Å². The van der Waals surface area contributed by atoms with Crippen LogP contribution in [0.1, 0.15) is 61.8 Å². The Hall–Kier alpha value is -2.74. The molecule has 2 aliphatic rings.